The summed E-state index contributed by atoms with van der Waals surface area (Å²) in [5.74, 6) is 0. The van der Waals surface area contributed by atoms with Crippen LogP contribution in [0.5, 0.6) is 0 Å². The predicted octanol–water partition coefficient (Wildman–Crippen LogP) is 11.9. The van der Waals surface area contributed by atoms with Crippen LogP contribution in [-0.2, 0) is 6.42 Å². The summed E-state index contributed by atoms with van der Waals surface area (Å²) >= 11 is 0. The molecular weight excluding hydrogens is 532 g/mol. The van der Waals surface area contributed by atoms with Gasteiger partial charge in [0.1, 0.15) is 0 Å². The summed E-state index contributed by atoms with van der Waals surface area (Å²) in [4.78, 5) is 4.80. The van der Waals surface area contributed by atoms with Crippen LogP contribution in [0, 0.1) is 0 Å². The first-order chi connectivity index (χ1) is 21.8. The third-order valence-electron chi connectivity index (χ3n) is 8.88. The van der Waals surface area contributed by atoms with Crippen molar-refractivity contribution in [3.63, 3.8) is 0 Å². The maximum absolute atomic E-state index is 2.41. The summed E-state index contributed by atoms with van der Waals surface area (Å²) < 4.78 is 0. The van der Waals surface area contributed by atoms with E-state index in [1.54, 1.807) is 0 Å². The lowest BCUT2D eigenvalue weighted by molar-refractivity contribution is 0.867. The molecule has 0 unspecified atom stereocenters. The van der Waals surface area contributed by atoms with E-state index < -0.39 is 0 Å². The fourth-order valence-electron chi connectivity index (χ4n) is 6.56. The van der Waals surface area contributed by atoms with Crippen molar-refractivity contribution in [2.24, 2.45) is 0 Å². The van der Waals surface area contributed by atoms with Gasteiger partial charge in [-0.15, -0.1) is 0 Å². The van der Waals surface area contributed by atoms with Gasteiger partial charge in [-0.05, 0) is 116 Å². The normalized spacial score (nSPS) is 15.0. The Hall–Kier alpha value is -5.08. The topological polar surface area (TPSA) is 6.48 Å². The first-order valence-corrected chi connectivity index (χ1v) is 15.8. The molecule has 5 aromatic rings. The predicted molar refractivity (Wildman–Crippen MR) is 188 cm³/mol. The number of hydrogen-bond acceptors (Lipinski definition) is 2. The van der Waals surface area contributed by atoms with Gasteiger partial charge >= 0.3 is 0 Å². The summed E-state index contributed by atoms with van der Waals surface area (Å²) in [7, 11) is 0. The van der Waals surface area contributed by atoms with Crippen molar-refractivity contribution in [3.8, 4) is 11.1 Å². The standard InChI is InChI=1S/C42H38N2/c1-32(33-14-5-2-6-15-33)43(37-18-7-3-8-19-37)39-28-24-34(25-29-39)35-26-30-40(31-27-35)44(38-20-9-4-10-21-38)42-23-13-17-36-16-11-12-22-41(36)42/h2-5,7-10,12-13,17-31H,6,11,14-16H2,1H3/b33-32-. The van der Waals surface area contributed by atoms with Crippen LogP contribution in [0.4, 0.5) is 28.4 Å². The molecule has 0 spiro atoms. The second-order valence-corrected chi connectivity index (χ2v) is 11.6. The molecule has 7 rings (SSSR count). The van der Waals surface area contributed by atoms with Gasteiger partial charge in [-0.3, -0.25) is 0 Å². The zero-order chi connectivity index (χ0) is 29.7. The SMILES string of the molecule is C/C(=C1\CC=CCC1)N(c1ccccc1)c1ccc(-c2ccc(N(c3ccccc3)c3cccc4c3C=CCC4)cc2)cc1. The molecule has 0 N–H and O–H groups in total. The fourth-order valence-corrected chi connectivity index (χ4v) is 6.56. The fraction of sp³-hybridized carbons (Fsp3) is 0.143. The van der Waals surface area contributed by atoms with Crippen LogP contribution in [-0.4, -0.2) is 0 Å². The summed E-state index contributed by atoms with van der Waals surface area (Å²) in [5, 5.41) is 0. The third-order valence-corrected chi connectivity index (χ3v) is 8.88. The quantitative estimate of drug-likeness (QED) is 0.180. The van der Waals surface area contributed by atoms with Gasteiger partial charge in [0.15, 0.2) is 0 Å². The van der Waals surface area contributed by atoms with Crippen molar-refractivity contribution >= 4 is 34.5 Å². The number of aryl methyl sites for hydroxylation is 1. The van der Waals surface area contributed by atoms with Crippen molar-refractivity contribution in [2.45, 2.75) is 39.0 Å². The molecule has 0 aliphatic heterocycles. The number of nitrogens with zero attached hydrogens (tertiary/aromatic N) is 2. The molecule has 44 heavy (non-hydrogen) atoms. The van der Waals surface area contributed by atoms with Crippen LogP contribution in [0.1, 0.15) is 43.7 Å². The van der Waals surface area contributed by atoms with Crippen LogP contribution in [0.15, 0.2) is 157 Å². The Morgan fingerprint density at radius 3 is 1.77 bits per heavy atom. The van der Waals surface area contributed by atoms with Gasteiger partial charge in [0.05, 0.1) is 5.69 Å². The van der Waals surface area contributed by atoms with Crippen molar-refractivity contribution in [3.05, 3.63) is 168 Å². The van der Waals surface area contributed by atoms with Gasteiger partial charge in [-0.1, -0.05) is 97.1 Å². The number of rotatable bonds is 7. The highest BCUT2D eigenvalue weighted by molar-refractivity contribution is 5.85. The molecule has 0 aromatic heterocycles. The first kappa shape index (κ1) is 27.7. The highest BCUT2D eigenvalue weighted by atomic mass is 15.2. The zero-order valence-corrected chi connectivity index (χ0v) is 25.4. The number of para-hydroxylation sites is 2. The van der Waals surface area contributed by atoms with E-state index >= 15 is 0 Å². The number of allylic oxidation sites excluding steroid dienone is 5. The van der Waals surface area contributed by atoms with Gasteiger partial charge in [0.2, 0.25) is 0 Å². The molecule has 0 amide bonds. The minimum Gasteiger partial charge on any atom is -0.315 e. The van der Waals surface area contributed by atoms with Gasteiger partial charge in [0.25, 0.3) is 0 Å². The lowest BCUT2D eigenvalue weighted by atomic mass is 9.95. The van der Waals surface area contributed by atoms with Gasteiger partial charge in [-0.25, -0.2) is 0 Å². The third kappa shape index (κ3) is 5.64. The second-order valence-electron chi connectivity index (χ2n) is 11.6. The van der Waals surface area contributed by atoms with Crippen LogP contribution in [0.2, 0.25) is 0 Å². The van der Waals surface area contributed by atoms with Gasteiger partial charge in [0, 0.05) is 34.0 Å². The second kappa shape index (κ2) is 12.7. The summed E-state index contributed by atoms with van der Waals surface area (Å²) in [5.41, 5.74) is 13.9. The van der Waals surface area contributed by atoms with Crippen molar-refractivity contribution in [1.82, 2.24) is 0 Å². The minimum atomic E-state index is 1.03. The largest absolute Gasteiger partial charge is 0.315 e. The average Bonchev–Trinajstić information content (AvgIpc) is 3.11. The number of fused-ring (bicyclic) bond motifs is 1. The maximum atomic E-state index is 2.41. The average molecular weight is 571 g/mol. The monoisotopic (exact) mass is 570 g/mol. The molecule has 0 fully saturated rings. The van der Waals surface area contributed by atoms with Gasteiger partial charge < -0.3 is 9.80 Å². The minimum absolute atomic E-state index is 1.03. The van der Waals surface area contributed by atoms with E-state index in [4.69, 9.17) is 0 Å². The molecular formula is C42H38N2. The maximum Gasteiger partial charge on any atom is 0.0536 e. The highest BCUT2D eigenvalue weighted by Gasteiger charge is 2.19. The molecule has 0 heterocycles. The zero-order valence-electron chi connectivity index (χ0n) is 25.4. The van der Waals surface area contributed by atoms with Gasteiger partial charge in [-0.2, -0.15) is 0 Å². The van der Waals surface area contributed by atoms with E-state index in [1.165, 1.54) is 50.6 Å². The number of benzene rings is 5. The van der Waals surface area contributed by atoms with Crippen LogP contribution < -0.4 is 9.80 Å². The Labute approximate surface area is 261 Å². The number of hydrogen-bond donors (Lipinski definition) is 0. The molecule has 2 nitrogen and oxygen atoms in total. The van der Waals surface area contributed by atoms with Crippen molar-refractivity contribution < 1.29 is 0 Å². The molecule has 2 aliphatic carbocycles. The summed E-state index contributed by atoms with van der Waals surface area (Å²) in [6.07, 6.45) is 14.7. The first-order valence-electron chi connectivity index (χ1n) is 15.8. The van der Waals surface area contributed by atoms with E-state index in [1.807, 2.05) is 0 Å². The Bertz CT molecular complexity index is 1810. The van der Waals surface area contributed by atoms with Crippen LogP contribution in [0.3, 0.4) is 0 Å². The van der Waals surface area contributed by atoms with Crippen molar-refractivity contribution in [1.29, 1.82) is 0 Å². The molecule has 2 aliphatic rings. The van der Waals surface area contributed by atoms with E-state index in [2.05, 4.69) is 168 Å². The lowest BCUT2D eigenvalue weighted by Crippen LogP contribution is -2.16. The molecule has 0 radical (unpaired) electrons. The highest BCUT2D eigenvalue weighted by Crippen LogP contribution is 2.40. The lowest BCUT2D eigenvalue weighted by Gasteiger charge is -2.29. The Morgan fingerprint density at radius 1 is 0.523 bits per heavy atom. The Balaban J connectivity index is 1.21. The molecule has 5 aromatic carbocycles. The molecule has 0 saturated carbocycles. The Kier molecular flexibility index (Phi) is 7.97. The van der Waals surface area contributed by atoms with Crippen molar-refractivity contribution in [2.75, 3.05) is 9.80 Å². The molecule has 0 saturated heterocycles. The van der Waals surface area contributed by atoms with E-state index in [0.29, 0.717) is 0 Å². The Morgan fingerprint density at radius 2 is 1.11 bits per heavy atom. The van der Waals surface area contributed by atoms with E-state index in [9.17, 15) is 0 Å². The van der Waals surface area contributed by atoms with Crippen LogP contribution in [0.25, 0.3) is 17.2 Å². The molecule has 0 bridgehead atoms. The summed E-state index contributed by atoms with van der Waals surface area (Å²) in [6.45, 7) is 2.27. The molecule has 2 heteroatoms. The van der Waals surface area contributed by atoms with Crippen LogP contribution >= 0.6 is 0 Å². The number of anilines is 5. The van der Waals surface area contributed by atoms with E-state index in [0.717, 1.165) is 43.5 Å². The smallest absolute Gasteiger partial charge is 0.0536 e. The molecule has 0 atom stereocenters. The summed E-state index contributed by atoms with van der Waals surface area (Å²) in [6, 6.07) is 46.2. The van der Waals surface area contributed by atoms with E-state index in [-0.39, 0.29) is 0 Å². The molecule has 216 valence electrons.